The second kappa shape index (κ2) is 8.35. The summed E-state index contributed by atoms with van der Waals surface area (Å²) in [5, 5.41) is 13.1. The molecule has 5 heteroatoms. The van der Waals surface area contributed by atoms with Gasteiger partial charge in [0.15, 0.2) is 0 Å². The molecule has 0 amide bonds. The van der Waals surface area contributed by atoms with Gasteiger partial charge in [-0.3, -0.25) is 4.79 Å². The van der Waals surface area contributed by atoms with E-state index in [0.29, 0.717) is 16.5 Å². The number of hydrogen-bond acceptors (Lipinski definition) is 2. The molecule has 0 radical (unpaired) electrons. The third-order valence-electron chi connectivity index (χ3n) is 2.59. The molecule has 1 aromatic carbocycles. The molecule has 0 bridgehead atoms. The van der Waals surface area contributed by atoms with E-state index < -0.39 is 5.97 Å². The highest BCUT2D eigenvalue weighted by molar-refractivity contribution is 6.35. The normalized spacial score (nSPS) is 10.6. The van der Waals surface area contributed by atoms with E-state index in [0.717, 1.165) is 31.5 Å². The maximum atomic E-state index is 10.3. The van der Waals surface area contributed by atoms with Crippen molar-refractivity contribution in [2.75, 3.05) is 13.1 Å². The highest BCUT2D eigenvalue weighted by Crippen LogP contribution is 2.25. The lowest BCUT2D eigenvalue weighted by Gasteiger charge is -2.07. The van der Waals surface area contributed by atoms with Crippen LogP contribution in [0.5, 0.6) is 0 Å². The summed E-state index contributed by atoms with van der Waals surface area (Å²) in [6.45, 7) is 1.56. The van der Waals surface area contributed by atoms with Gasteiger partial charge >= 0.3 is 5.97 Å². The maximum Gasteiger partial charge on any atom is 0.303 e. The second-order valence-corrected chi connectivity index (χ2v) is 4.87. The van der Waals surface area contributed by atoms with Gasteiger partial charge in [0, 0.05) is 16.5 Å². The monoisotopic (exact) mass is 289 g/mol. The zero-order valence-electron chi connectivity index (χ0n) is 10.1. The Morgan fingerprint density at radius 1 is 1.17 bits per heavy atom. The molecule has 3 nitrogen and oxygen atoms in total. The molecule has 0 aliphatic carbocycles. The predicted molar refractivity (Wildman–Crippen MR) is 74.5 cm³/mol. The van der Waals surface area contributed by atoms with Crippen LogP contribution in [0.3, 0.4) is 0 Å². The molecule has 0 unspecified atom stereocenters. The van der Waals surface area contributed by atoms with Crippen LogP contribution in [0.2, 0.25) is 10.0 Å². The molecular weight excluding hydrogens is 273 g/mol. The Morgan fingerprint density at radius 3 is 2.39 bits per heavy atom. The molecule has 1 rings (SSSR count). The van der Waals surface area contributed by atoms with Gasteiger partial charge in [-0.2, -0.15) is 0 Å². The van der Waals surface area contributed by atoms with Gasteiger partial charge in [-0.05, 0) is 50.0 Å². The Hall–Kier alpha value is -0.770. The summed E-state index contributed by atoms with van der Waals surface area (Å²) in [5.74, 6) is -0.750. The van der Waals surface area contributed by atoms with E-state index in [1.165, 1.54) is 0 Å². The Balaban J connectivity index is 2.16. The molecule has 0 aliphatic heterocycles. The summed E-state index contributed by atoms with van der Waals surface area (Å²) >= 11 is 12.1. The minimum absolute atomic E-state index is 0.212. The van der Waals surface area contributed by atoms with E-state index in [1.807, 2.05) is 18.2 Å². The standard InChI is InChI=1S/C13H17Cl2NO2/c14-11-5-1-6-12(15)10(11)4-2-8-16-9-3-7-13(17)18/h1,5-6,16H,2-4,7-9H2,(H,17,18). The third-order valence-corrected chi connectivity index (χ3v) is 3.29. The summed E-state index contributed by atoms with van der Waals surface area (Å²) in [5.41, 5.74) is 0.980. The van der Waals surface area contributed by atoms with Gasteiger partial charge in [-0.1, -0.05) is 29.3 Å². The quantitative estimate of drug-likeness (QED) is 0.722. The average Bonchev–Trinajstić information content (AvgIpc) is 2.30. The van der Waals surface area contributed by atoms with E-state index in [9.17, 15) is 4.79 Å². The molecule has 0 aromatic heterocycles. The van der Waals surface area contributed by atoms with Crippen LogP contribution in [0, 0.1) is 0 Å². The number of rotatable bonds is 8. The average molecular weight is 290 g/mol. The number of carboxylic acids is 1. The first-order chi connectivity index (χ1) is 8.61. The van der Waals surface area contributed by atoms with Crippen LogP contribution >= 0.6 is 23.2 Å². The molecule has 0 heterocycles. The van der Waals surface area contributed by atoms with Crippen molar-refractivity contribution in [2.45, 2.75) is 25.7 Å². The van der Waals surface area contributed by atoms with E-state index >= 15 is 0 Å². The van der Waals surface area contributed by atoms with E-state index in [2.05, 4.69) is 5.32 Å². The van der Waals surface area contributed by atoms with Gasteiger partial charge in [0.05, 0.1) is 0 Å². The van der Waals surface area contributed by atoms with Gasteiger partial charge < -0.3 is 10.4 Å². The largest absolute Gasteiger partial charge is 0.481 e. The summed E-state index contributed by atoms with van der Waals surface area (Å²) in [6, 6.07) is 5.50. The van der Waals surface area contributed by atoms with Crippen molar-refractivity contribution in [2.24, 2.45) is 0 Å². The second-order valence-electron chi connectivity index (χ2n) is 4.05. The molecule has 0 saturated heterocycles. The molecule has 2 N–H and O–H groups in total. The fourth-order valence-electron chi connectivity index (χ4n) is 1.65. The summed E-state index contributed by atoms with van der Waals surface area (Å²) in [6.07, 6.45) is 2.62. The first-order valence-electron chi connectivity index (χ1n) is 5.96. The third kappa shape index (κ3) is 5.71. The highest BCUT2D eigenvalue weighted by Gasteiger charge is 2.04. The van der Waals surface area contributed by atoms with Crippen molar-refractivity contribution >= 4 is 29.2 Å². The van der Waals surface area contributed by atoms with Crippen molar-refractivity contribution in [3.05, 3.63) is 33.8 Å². The number of nitrogens with one attached hydrogen (secondary N) is 1. The molecule has 0 saturated carbocycles. The molecule has 0 aliphatic rings. The molecule has 1 aromatic rings. The number of carbonyl (C=O) groups is 1. The van der Waals surface area contributed by atoms with Gasteiger partial charge in [-0.25, -0.2) is 0 Å². The molecule has 0 fully saturated rings. The van der Waals surface area contributed by atoms with Crippen LogP contribution in [-0.4, -0.2) is 24.2 Å². The molecule has 100 valence electrons. The van der Waals surface area contributed by atoms with Crippen LogP contribution in [0.1, 0.15) is 24.8 Å². The SMILES string of the molecule is O=C(O)CCCNCCCc1c(Cl)cccc1Cl. The van der Waals surface area contributed by atoms with Gasteiger partial charge in [0.2, 0.25) is 0 Å². The summed E-state index contributed by atoms with van der Waals surface area (Å²) < 4.78 is 0. The topological polar surface area (TPSA) is 49.3 Å². The number of halogens is 2. The van der Waals surface area contributed by atoms with Gasteiger partial charge in [0.25, 0.3) is 0 Å². The van der Waals surface area contributed by atoms with Crippen LogP contribution in [0.4, 0.5) is 0 Å². The molecule has 0 spiro atoms. The maximum absolute atomic E-state index is 10.3. The summed E-state index contributed by atoms with van der Waals surface area (Å²) in [7, 11) is 0. The van der Waals surface area contributed by atoms with Crippen LogP contribution in [0.15, 0.2) is 18.2 Å². The molecule has 18 heavy (non-hydrogen) atoms. The van der Waals surface area contributed by atoms with Crippen molar-refractivity contribution in [1.29, 1.82) is 0 Å². The van der Waals surface area contributed by atoms with Crippen molar-refractivity contribution < 1.29 is 9.90 Å². The number of benzene rings is 1. The Bertz CT molecular complexity index is 376. The first-order valence-corrected chi connectivity index (χ1v) is 6.72. The molecule has 0 atom stereocenters. The number of hydrogen-bond donors (Lipinski definition) is 2. The fourth-order valence-corrected chi connectivity index (χ4v) is 2.24. The summed E-state index contributed by atoms with van der Waals surface area (Å²) in [4.78, 5) is 10.3. The van der Waals surface area contributed by atoms with Gasteiger partial charge in [0.1, 0.15) is 0 Å². The Morgan fingerprint density at radius 2 is 1.78 bits per heavy atom. The number of carboxylic acid groups (broad SMARTS) is 1. The van der Waals surface area contributed by atoms with Crippen molar-refractivity contribution in [3.8, 4) is 0 Å². The lowest BCUT2D eigenvalue weighted by atomic mass is 10.1. The van der Waals surface area contributed by atoms with Crippen molar-refractivity contribution in [3.63, 3.8) is 0 Å². The number of aliphatic carboxylic acids is 1. The van der Waals surface area contributed by atoms with Gasteiger partial charge in [-0.15, -0.1) is 0 Å². The van der Waals surface area contributed by atoms with Crippen LogP contribution in [0.25, 0.3) is 0 Å². The predicted octanol–water partition coefficient (Wildman–Crippen LogP) is 3.38. The zero-order valence-corrected chi connectivity index (χ0v) is 11.6. The minimum Gasteiger partial charge on any atom is -0.481 e. The Kier molecular flexibility index (Phi) is 7.09. The molecular formula is C13H17Cl2NO2. The Labute approximate surface area is 117 Å². The fraction of sp³-hybridized carbons (Fsp3) is 0.462. The first kappa shape index (κ1) is 15.3. The van der Waals surface area contributed by atoms with Crippen LogP contribution in [-0.2, 0) is 11.2 Å². The smallest absolute Gasteiger partial charge is 0.303 e. The lowest BCUT2D eigenvalue weighted by molar-refractivity contribution is -0.137. The van der Waals surface area contributed by atoms with Crippen molar-refractivity contribution in [1.82, 2.24) is 5.32 Å². The minimum atomic E-state index is -0.750. The van der Waals surface area contributed by atoms with Crippen LogP contribution < -0.4 is 5.32 Å². The zero-order chi connectivity index (χ0) is 13.4. The lowest BCUT2D eigenvalue weighted by Crippen LogP contribution is -2.18. The van der Waals surface area contributed by atoms with E-state index in [1.54, 1.807) is 0 Å². The van der Waals surface area contributed by atoms with E-state index in [-0.39, 0.29) is 6.42 Å². The highest BCUT2D eigenvalue weighted by atomic mass is 35.5. The van der Waals surface area contributed by atoms with E-state index in [4.69, 9.17) is 28.3 Å².